The van der Waals surface area contributed by atoms with Crippen LogP contribution in [0.25, 0.3) is 60.9 Å². The van der Waals surface area contributed by atoms with Gasteiger partial charge < -0.3 is 9.47 Å². The Labute approximate surface area is 310 Å². The van der Waals surface area contributed by atoms with Gasteiger partial charge in [0.1, 0.15) is 0 Å². The van der Waals surface area contributed by atoms with Crippen molar-refractivity contribution in [3.8, 4) is 39.1 Å². The minimum Gasteiger partial charge on any atom is -0.310 e. The fourth-order valence-corrected chi connectivity index (χ4v) is 8.54. The van der Waals surface area contributed by atoms with E-state index in [1.54, 1.807) is 0 Å². The number of benzene rings is 8. The molecule has 1 aliphatic rings. The van der Waals surface area contributed by atoms with Crippen molar-refractivity contribution in [2.24, 2.45) is 0 Å². The van der Waals surface area contributed by atoms with Crippen molar-refractivity contribution in [3.63, 3.8) is 0 Å². The third kappa shape index (κ3) is 5.10. The van der Waals surface area contributed by atoms with Crippen molar-refractivity contribution < 1.29 is 0 Å². The number of anilines is 3. The van der Waals surface area contributed by atoms with Crippen LogP contribution >= 0.6 is 0 Å². The van der Waals surface area contributed by atoms with Crippen molar-refractivity contribution >= 4 is 38.9 Å². The predicted molar refractivity (Wildman–Crippen MR) is 224 cm³/mol. The Bertz CT molecular complexity index is 2790. The molecule has 0 fully saturated rings. The molecule has 0 saturated heterocycles. The molecular weight excluding hydrogens is 641 g/mol. The lowest BCUT2D eigenvalue weighted by molar-refractivity contribution is 0.660. The van der Waals surface area contributed by atoms with Gasteiger partial charge in [-0.1, -0.05) is 147 Å². The van der Waals surface area contributed by atoms with Gasteiger partial charge in [-0.2, -0.15) is 0 Å². The molecule has 0 amide bonds. The topological polar surface area (TPSA) is 8.17 Å². The van der Waals surface area contributed by atoms with Crippen LogP contribution in [0.5, 0.6) is 0 Å². The molecule has 0 N–H and O–H groups in total. The molecule has 8 aromatic carbocycles. The highest BCUT2D eigenvalue weighted by Gasteiger charge is 2.35. The standard InChI is InChI=1S/C51H38N2/c1-51(2)47-22-11-9-20-43(47)44-30-28-42(34-48(44)51)52(40-19-13-16-38(32-40)37-26-24-36(25-27-37)35-14-5-3-6-15-35)41-29-31-50-46(33-41)45-21-10-12-23-49(45)53(50)39-17-7-4-8-18-39/h3-34H,1-2H3. The average Bonchev–Trinajstić information content (AvgIpc) is 3.67. The van der Waals surface area contributed by atoms with E-state index in [1.807, 2.05) is 0 Å². The molecular formula is C51H38N2. The third-order valence-electron chi connectivity index (χ3n) is 11.2. The van der Waals surface area contributed by atoms with Gasteiger partial charge in [0.25, 0.3) is 0 Å². The summed E-state index contributed by atoms with van der Waals surface area (Å²) in [6, 6.07) is 70.8. The van der Waals surface area contributed by atoms with Crippen LogP contribution in [0.1, 0.15) is 25.0 Å². The van der Waals surface area contributed by atoms with E-state index in [2.05, 4.69) is 217 Å². The molecule has 0 radical (unpaired) electrons. The van der Waals surface area contributed by atoms with Gasteiger partial charge in [0.2, 0.25) is 0 Å². The first kappa shape index (κ1) is 31.1. The zero-order valence-corrected chi connectivity index (χ0v) is 29.9. The second-order valence-corrected chi connectivity index (χ2v) is 14.6. The molecule has 0 aliphatic heterocycles. The van der Waals surface area contributed by atoms with Gasteiger partial charge >= 0.3 is 0 Å². The smallest absolute Gasteiger partial charge is 0.0542 e. The van der Waals surface area contributed by atoms with E-state index in [-0.39, 0.29) is 5.41 Å². The number of aromatic nitrogens is 1. The molecule has 0 atom stereocenters. The second kappa shape index (κ2) is 12.3. The Kier molecular flexibility index (Phi) is 7.19. The highest BCUT2D eigenvalue weighted by molar-refractivity contribution is 6.10. The first-order chi connectivity index (χ1) is 26.0. The van der Waals surface area contributed by atoms with Gasteiger partial charge in [-0.15, -0.1) is 0 Å². The van der Waals surface area contributed by atoms with Gasteiger partial charge in [-0.25, -0.2) is 0 Å². The summed E-state index contributed by atoms with van der Waals surface area (Å²) < 4.78 is 2.38. The lowest BCUT2D eigenvalue weighted by atomic mass is 9.82. The van der Waals surface area contributed by atoms with E-state index < -0.39 is 0 Å². The van der Waals surface area contributed by atoms with Gasteiger partial charge in [-0.05, 0) is 105 Å². The molecule has 9 aromatic rings. The largest absolute Gasteiger partial charge is 0.310 e. The fourth-order valence-electron chi connectivity index (χ4n) is 8.54. The van der Waals surface area contributed by atoms with Crippen LogP contribution in [-0.4, -0.2) is 4.57 Å². The minimum atomic E-state index is -0.108. The minimum absolute atomic E-state index is 0.108. The zero-order chi connectivity index (χ0) is 35.5. The van der Waals surface area contributed by atoms with Crippen molar-refractivity contribution in [1.82, 2.24) is 4.57 Å². The molecule has 2 nitrogen and oxygen atoms in total. The average molecular weight is 679 g/mol. The quantitative estimate of drug-likeness (QED) is 0.170. The molecule has 252 valence electrons. The van der Waals surface area contributed by atoms with Crippen molar-refractivity contribution in [1.29, 1.82) is 0 Å². The number of para-hydroxylation sites is 2. The molecule has 1 aliphatic carbocycles. The highest BCUT2D eigenvalue weighted by atomic mass is 15.1. The summed E-state index contributed by atoms with van der Waals surface area (Å²) in [4.78, 5) is 2.44. The summed E-state index contributed by atoms with van der Waals surface area (Å²) in [5, 5.41) is 2.47. The number of fused-ring (bicyclic) bond motifs is 6. The number of hydrogen-bond donors (Lipinski definition) is 0. The summed E-state index contributed by atoms with van der Waals surface area (Å²) in [7, 11) is 0. The highest BCUT2D eigenvalue weighted by Crippen LogP contribution is 2.51. The monoisotopic (exact) mass is 678 g/mol. The second-order valence-electron chi connectivity index (χ2n) is 14.6. The first-order valence-corrected chi connectivity index (χ1v) is 18.4. The van der Waals surface area contributed by atoms with E-state index >= 15 is 0 Å². The summed E-state index contributed by atoms with van der Waals surface area (Å²) in [6.45, 7) is 4.71. The van der Waals surface area contributed by atoms with Gasteiger partial charge in [0, 0.05) is 38.9 Å². The van der Waals surface area contributed by atoms with E-state index in [9.17, 15) is 0 Å². The Hall–Kier alpha value is -6.64. The molecule has 10 rings (SSSR count). The molecule has 1 aromatic heterocycles. The van der Waals surface area contributed by atoms with Crippen molar-refractivity contribution in [2.75, 3.05) is 4.90 Å². The molecule has 2 heteroatoms. The number of rotatable bonds is 6. The molecule has 0 spiro atoms. The lowest BCUT2D eigenvalue weighted by Gasteiger charge is -2.28. The Morgan fingerprint density at radius 2 is 0.943 bits per heavy atom. The Morgan fingerprint density at radius 3 is 1.75 bits per heavy atom. The molecule has 1 heterocycles. The fraction of sp³-hybridized carbons (Fsp3) is 0.0588. The zero-order valence-electron chi connectivity index (χ0n) is 29.9. The summed E-state index contributed by atoms with van der Waals surface area (Å²) >= 11 is 0. The maximum atomic E-state index is 2.44. The molecule has 0 unspecified atom stereocenters. The van der Waals surface area contributed by atoms with E-state index in [4.69, 9.17) is 0 Å². The normalized spacial score (nSPS) is 12.9. The van der Waals surface area contributed by atoms with Crippen LogP contribution in [0.2, 0.25) is 0 Å². The number of nitrogens with zero attached hydrogens (tertiary/aromatic N) is 2. The van der Waals surface area contributed by atoms with E-state index in [0.717, 1.165) is 22.7 Å². The Morgan fingerprint density at radius 1 is 0.377 bits per heavy atom. The van der Waals surface area contributed by atoms with Crippen molar-refractivity contribution in [2.45, 2.75) is 19.3 Å². The first-order valence-electron chi connectivity index (χ1n) is 18.4. The maximum Gasteiger partial charge on any atom is 0.0542 e. The van der Waals surface area contributed by atoms with Gasteiger partial charge in [-0.3, -0.25) is 0 Å². The predicted octanol–water partition coefficient (Wildman–Crippen LogP) is 13.9. The molecule has 0 bridgehead atoms. The van der Waals surface area contributed by atoms with Crippen LogP contribution < -0.4 is 4.90 Å². The summed E-state index contributed by atoms with van der Waals surface area (Å²) in [5.41, 5.74) is 17.1. The summed E-state index contributed by atoms with van der Waals surface area (Å²) in [6.07, 6.45) is 0. The maximum absolute atomic E-state index is 2.44. The van der Waals surface area contributed by atoms with E-state index in [1.165, 1.54) is 66.3 Å². The van der Waals surface area contributed by atoms with Crippen molar-refractivity contribution in [3.05, 3.63) is 205 Å². The molecule has 0 saturated carbocycles. The van der Waals surface area contributed by atoms with Crippen LogP contribution in [0.15, 0.2) is 194 Å². The lowest BCUT2D eigenvalue weighted by Crippen LogP contribution is -2.16. The third-order valence-corrected chi connectivity index (χ3v) is 11.2. The van der Waals surface area contributed by atoms with Gasteiger partial charge in [0.05, 0.1) is 11.0 Å². The number of hydrogen-bond acceptors (Lipinski definition) is 1. The molecule has 53 heavy (non-hydrogen) atoms. The van der Waals surface area contributed by atoms with Crippen LogP contribution in [-0.2, 0) is 5.41 Å². The van der Waals surface area contributed by atoms with Crippen LogP contribution in [0.3, 0.4) is 0 Å². The van der Waals surface area contributed by atoms with Gasteiger partial charge in [0.15, 0.2) is 0 Å². The van der Waals surface area contributed by atoms with Crippen LogP contribution in [0.4, 0.5) is 17.1 Å². The SMILES string of the molecule is CC1(C)c2ccccc2-c2ccc(N(c3cccc(-c4ccc(-c5ccccc5)cc4)c3)c3ccc4c(c3)c3ccccc3n4-c3ccccc3)cc21. The summed E-state index contributed by atoms with van der Waals surface area (Å²) in [5.74, 6) is 0. The van der Waals surface area contributed by atoms with Crippen LogP contribution in [0, 0.1) is 0 Å². The Balaban J connectivity index is 1.15. The van der Waals surface area contributed by atoms with E-state index in [0.29, 0.717) is 0 Å².